The molecule has 0 aromatic rings. The molecule has 1 N–H and O–H groups in total. The molecule has 0 aliphatic carbocycles. The summed E-state index contributed by atoms with van der Waals surface area (Å²) in [6.07, 6.45) is 6.30. The summed E-state index contributed by atoms with van der Waals surface area (Å²) < 4.78 is 0. The molecule has 0 spiro atoms. The number of carboxylic acid groups (broad SMARTS) is 1. The molecule has 2 aliphatic rings. The zero-order chi connectivity index (χ0) is 10.1. The van der Waals surface area contributed by atoms with Crippen molar-refractivity contribution >= 4 is 23.9 Å². The number of rotatable bonds is 1. The number of hydrogen-bond acceptors (Lipinski definition) is 3. The van der Waals surface area contributed by atoms with E-state index in [2.05, 4.69) is 9.98 Å². The van der Waals surface area contributed by atoms with Crippen LogP contribution in [-0.2, 0) is 9.59 Å². The van der Waals surface area contributed by atoms with Gasteiger partial charge in [-0.3, -0.25) is 4.79 Å². The van der Waals surface area contributed by atoms with Gasteiger partial charge in [-0.05, 0) is 12.2 Å². The van der Waals surface area contributed by atoms with E-state index < -0.39 is 11.9 Å². The van der Waals surface area contributed by atoms with Crippen LogP contribution in [0.25, 0.3) is 0 Å². The first kappa shape index (κ1) is 8.55. The van der Waals surface area contributed by atoms with Gasteiger partial charge in [0.05, 0.1) is 5.92 Å². The largest absolute Gasteiger partial charge is 0.478 e. The smallest absolute Gasteiger partial charge is 0.341 e. The Morgan fingerprint density at radius 2 is 2.29 bits per heavy atom. The van der Waals surface area contributed by atoms with E-state index in [9.17, 15) is 9.59 Å². The van der Waals surface area contributed by atoms with Crippen molar-refractivity contribution in [2.75, 3.05) is 0 Å². The Labute approximate surface area is 79.2 Å². The van der Waals surface area contributed by atoms with Crippen molar-refractivity contribution in [3.63, 3.8) is 0 Å². The summed E-state index contributed by atoms with van der Waals surface area (Å²) in [4.78, 5) is 29.2. The fourth-order valence-corrected chi connectivity index (χ4v) is 1.27. The second-order valence-corrected chi connectivity index (χ2v) is 2.85. The summed E-state index contributed by atoms with van der Waals surface area (Å²) in [5, 5.41) is 8.68. The minimum absolute atomic E-state index is 0.288. The van der Waals surface area contributed by atoms with E-state index in [1.807, 2.05) is 0 Å². The molecule has 0 saturated heterocycles. The highest BCUT2D eigenvalue weighted by Crippen LogP contribution is 2.18. The van der Waals surface area contributed by atoms with Gasteiger partial charge in [0.25, 0.3) is 5.91 Å². The van der Waals surface area contributed by atoms with Gasteiger partial charge >= 0.3 is 5.97 Å². The SMILES string of the molecule is O=C(O)C1=CC2C=CC=NC2=NC1=O. The van der Waals surface area contributed by atoms with Crippen LogP contribution in [0.4, 0.5) is 0 Å². The van der Waals surface area contributed by atoms with Crippen molar-refractivity contribution in [3.05, 3.63) is 23.8 Å². The lowest BCUT2D eigenvalue weighted by molar-refractivity contribution is -0.134. The number of amides is 1. The molecule has 0 aromatic heterocycles. The van der Waals surface area contributed by atoms with E-state index >= 15 is 0 Å². The average molecular weight is 190 g/mol. The molecule has 5 heteroatoms. The molecule has 1 amide bonds. The van der Waals surface area contributed by atoms with Crippen molar-refractivity contribution in [3.8, 4) is 0 Å². The summed E-state index contributed by atoms with van der Waals surface area (Å²) in [5.41, 5.74) is -0.291. The minimum atomic E-state index is -1.25. The predicted molar refractivity (Wildman–Crippen MR) is 49.3 cm³/mol. The number of carboxylic acids is 1. The Bertz CT molecular complexity index is 429. The monoisotopic (exact) mass is 190 g/mol. The van der Waals surface area contributed by atoms with Crippen molar-refractivity contribution in [1.29, 1.82) is 0 Å². The molecule has 0 aromatic carbocycles. The third-order valence-corrected chi connectivity index (χ3v) is 1.93. The molecular formula is C9H6N2O3. The maximum atomic E-state index is 11.2. The van der Waals surface area contributed by atoms with E-state index in [1.54, 1.807) is 12.2 Å². The molecule has 0 saturated carbocycles. The second-order valence-electron chi connectivity index (χ2n) is 2.85. The zero-order valence-corrected chi connectivity index (χ0v) is 7.04. The third kappa shape index (κ3) is 1.28. The average Bonchev–Trinajstić information content (AvgIpc) is 2.16. The summed E-state index contributed by atoms with van der Waals surface area (Å²) in [6, 6.07) is 0. The molecule has 2 heterocycles. The fraction of sp³-hybridized carbons (Fsp3) is 0.111. The topological polar surface area (TPSA) is 79.1 Å². The number of amidine groups is 1. The summed E-state index contributed by atoms with van der Waals surface area (Å²) in [6.45, 7) is 0. The van der Waals surface area contributed by atoms with Gasteiger partial charge in [-0.2, -0.15) is 4.99 Å². The molecule has 2 rings (SSSR count). The first-order valence-electron chi connectivity index (χ1n) is 3.97. The molecule has 70 valence electrons. The molecule has 0 bridgehead atoms. The first-order valence-corrected chi connectivity index (χ1v) is 3.97. The van der Waals surface area contributed by atoms with E-state index in [0.29, 0.717) is 5.84 Å². The van der Waals surface area contributed by atoms with Gasteiger partial charge in [0.1, 0.15) is 11.4 Å². The van der Waals surface area contributed by atoms with Crippen LogP contribution in [0.3, 0.4) is 0 Å². The van der Waals surface area contributed by atoms with Gasteiger partial charge in [0.15, 0.2) is 0 Å². The van der Waals surface area contributed by atoms with Crippen LogP contribution in [0, 0.1) is 5.92 Å². The standard InChI is InChI=1S/C9H6N2O3/c12-8-6(9(13)14)4-5-2-1-3-10-7(5)11-8/h1-5H,(H,13,14). The number of dihydropyridines is 2. The number of nitrogens with zero attached hydrogens (tertiary/aromatic N) is 2. The normalized spacial score (nSPS) is 24.0. The molecule has 2 aliphatic heterocycles. The second kappa shape index (κ2) is 3.02. The Kier molecular flexibility index (Phi) is 1.85. The number of allylic oxidation sites excluding steroid dienone is 1. The molecular weight excluding hydrogens is 184 g/mol. The molecule has 14 heavy (non-hydrogen) atoms. The molecule has 1 atom stereocenters. The number of carbonyl (C=O) groups excluding carboxylic acids is 1. The Morgan fingerprint density at radius 1 is 1.50 bits per heavy atom. The third-order valence-electron chi connectivity index (χ3n) is 1.93. The lowest BCUT2D eigenvalue weighted by Gasteiger charge is -2.15. The van der Waals surface area contributed by atoms with E-state index in [4.69, 9.17) is 5.11 Å². The van der Waals surface area contributed by atoms with E-state index in [-0.39, 0.29) is 11.5 Å². The first-order chi connectivity index (χ1) is 6.68. The fourth-order valence-electron chi connectivity index (χ4n) is 1.27. The summed E-state index contributed by atoms with van der Waals surface area (Å²) in [5.74, 6) is -1.93. The molecule has 0 fully saturated rings. The Balaban J connectivity index is 2.41. The van der Waals surface area contributed by atoms with Gasteiger partial charge in [-0.1, -0.05) is 6.08 Å². The van der Waals surface area contributed by atoms with Crippen LogP contribution in [-0.4, -0.2) is 29.0 Å². The number of fused-ring (bicyclic) bond motifs is 1. The van der Waals surface area contributed by atoms with Crippen LogP contribution in [0.15, 0.2) is 33.8 Å². The highest BCUT2D eigenvalue weighted by Gasteiger charge is 2.26. The quantitative estimate of drug-likeness (QED) is 0.599. The van der Waals surface area contributed by atoms with Gasteiger partial charge in [-0.15, -0.1) is 0 Å². The predicted octanol–water partition coefficient (Wildman–Crippen LogP) is 0.193. The van der Waals surface area contributed by atoms with Crippen molar-refractivity contribution in [1.82, 2.24) is 0 Å². The van der Waals surface area contributed by atoms with Crippen LogP contribution < -0.4 is 0 Å². The maximum absolute atomic E-state index is 11.2. The van der Waals surface area contributed by atoms with Crippen molar-refractivity contribution < 1.29 is 14.7 Å². The van der Waals surface area contributed by atoms with Gasteiger partial charge < -0.3 is 5.11 Å². The van der Waals surface area contributed by atoms with E-state index in [1.165, 1.54) is 12.3 Å². The maximum Gasteiger partial charge on any atom is 0.341 e. The van der Waals surface area contributed by atoms with Crippen LogP contribution in [0.1, 0.15) is 0 Å². The highest BCUT2D eigenvalue weighted by atomic mass is 16.4. The molecule has 5 nitrogen and oxygen atoms in total. The molecule has 1 unspecified atom stereocenters. The number of aliphatic carboxylic acids is 1. The molecule has 0 radical (unpaired) electrons. The van der Waals surface area contributed by atoms with Crippen LogP contribution >= 0.6 is 0 Å². The lowest BCUT2D eigenvalue weighted by Crippen LogP contribution is -2.23. The van der Waals surface area contributed by atoms with Crippen molar-refractivity contribution in [2.45, 2.75) is 0 Å². The lowest BCUT2D eigenvalue weighted by atomic mass is 9.99. The number of aliphatic imine (C=N–C) groups is 2. The highest BCUT2D eigenvalue weighted by molar-refractivity contribution is 6.22. The number of carbonyl (C=O) groups is 2. The number of hydrogen-bond donors (Lipinski definition) is 1. The van der Waals surface area contributed by atoms with Gasteiger partial charge in [0.2, 0.25) is 0 Å². The van der Waals surface area contributed by atoms with Crippen molar-refractivity contribution in [2.24, 2.45) is 15.9 Å². The summed E-state index contributed by atoms with van der Waals surface area (Å²) >= 11 is 0. The van der Waals surface area contributed by atoms with Gasteiger partial charge in [-0.25, -0.2) is 9.79 Å². The zero-order valence-electron chi connectivity index (χ0n) is 7.04. The Morgan fingerprint density at radius 3 is 3.00 bits per heavy atom. The van der Waals surface area contributed by atoms with Crippen LogP contribution in [0.5, 0.6) is 0 Å². The van der Waals surface area contributed by atoms with Crippen LogP contribution in [0.2, 0.25) is 0 Å². The van der Waals surface area contributed by atoms with Gasteiger partial charge in [0, 0.05) is 6.21 Å². The Hall–Kier alpha value is -2.04. The minimum Gasteiger partial charge on any atom is -0.478 e. The van der Waals surface area contributed by atoms with E-state index in [0.717, 1.165) is 0 Å². The summed E-state index contributed by atoms with van der Waals surface area (Å²) in [7, 11) is 0.